The lowest BCUT2D eigenvalue weighted by Gasteiger charge is -2.16. The lowest BCUT2D eigenvalue weighted by molar-refractivity contribution is -0.122. The van der Waals surface area contributed by atoms with Crippen molar-refractivity contribution < 1.29 is 19.1 Å². The van der Waals surface area contributed by atoms with Crippen molar-refractivity contribution in [3.8, 4) is 0 Å². The first-order valence-corrected chi connectivity index (χ1v) is 7.18. The zero-order valence-electron chi connectivity index (χ0n) is 13.1. The molecule has 1 aromatic rings. The molecule has 0 aliphatic heterocycles. The van der Waals surface area contributed by atoms with Crippen LogP contribution in [-0.2, 0) is 20.9 Å². The van der Waals surface area contributed by atoms with Gasteiger partial charge in [-0.15, -0.1) is 0 Å². The van der Waals surface area contributed by atoms with Gasteiger partial charge < -0.3 is 26.0 Å². The highest BCUT2D eigenvalue weighted by atomic mass is 16.6. The Labute approximate surface area is 135 Å². The number of hydrogen-bond acceptors (Lipinski definition) is 5. The Bertz CT molecular complexity index is 521. The maximum Gasteiger partial charge on any atom is 0.410 e. The molecule has 4 N–H and O–H groups in total. The van der Waals surface area contributed by atoms with Gasteiger partial charge in [-0.05, 0) is 5.56 Å². The van der Waals surface area contributed by atoms with E-state index in [0.717, 1.165) is 5.56 Å². The van der Waals surface area contributed by atoms with Gasteiger partial charge in [0.15, 0.2) is 0 Å². The van der Waals surface area contributed by atoms with Gasteiger partial charge in [0.25, 0.3) is 0 Å². The summed E-state index contributed by atoms with van der Waals surface area (Å²) in [5.41, 5.74) is 6.00. The fourth-order valence-electron chi connectivity index (χ4n) is 1.64. The molecule has 0 bridgehead atoms. The molecule has 23 heavy (non-hydrogen) atoms. The van der Waals surface area contributed by atoms with Gasteiger partial charge in [0, 0.05) is 20.1 Å². The van der Waals surface area contributed by atoms with Crippen LogP contribution in [0.4, 0.5) is 4.79 Å². The minimum atomic E-state index is -0.583. The molecule has 0 saturated heterocycles. The Balaban J connectivity index is 2.20. The first-order chi connectivity index (χ1) is 11.0. The van der Waals surface area contributed by atoms with Crippen molar-refractivity contribution >= 4 is 17.9 Å². The number of rotatable bonds is 8. The molecule has 0 aliphatic rings. The maximum atomic E-state index is 11.8. The summed E-state index contributed by atoms with van der Waals surface area (Å²) in [7, 11) is 1.48. The van der Waals surface area contributed by atoms with E-state index in [4.69, 9.17) is 10.5 Å². The minimum absolute atomic E-state index is 0.0933. The van der Waals surface area contributed by atoms with Crippen molar-refractivity contribution in [1.82, 2.24) is 15.5 Å². The molecule has 0 atom stereocenters. The van der Waals surface area contributed by atoms with Gasteiger partial charge in [0.05, 0.1) is 6.54 Å². The molecule has 1 aromatic carbocycles. The van der Waals surface area contributed by atoms with E-state index in [1.54, 1.807) is 0 Å². The number of likely N-dealkylation sites (N-methyl/N-ethyl adjacent to an activating group) is 1. The number of hydrogen-bond donors (Lipinski definition) is 3. The molecular weight excluding hydrogens is 300 g/mol. The van der Waals surface area contributed by atoms with E-state index in [-0.39, 0.29) is 44.6 Å². The van der Waals surface area contributed by atoms with E-state index in [0.29, 0.717) is 0 Å². The van der Waals surface area contributed by atoms with Crippen molar-refractivity contribution in [2.45, 2.75) is 6.61 Å². The molecule has 0 saturated carbocycles. The zero-order valence-corrected chi connectivity index (χ0v) is 13.1. The van der Waals surface area contributed by atoms with Crippen LogP contribution in [0.1, 0.15) is 5.56 Å². The molecule has 126 valence electrons. The Morgan fingerprint density at radius 2 is 1.70 bits per heavy atom. The molecule has 0 radical (unpaired) electrons. The number of nitrogens with one attached hydrogen (secondary N) is 2. The normalized spacial score (nSPS) is 9.83. The van der Waals surface area contributed by atoms with E-state index in [9.17, 15) is 14.4 Å². The van der Waals surface area contributed by atoms with Gasteiger partial charge in [0.1, 0.15) is 13.2 Å². The van der Waals surface area contributed by atoms with Crippen molar-refractivity contribution in [3.05, 3.63) is 35.9 Å². The van der Waals surface area contributed by atoms with Crippen LogP contribution in [0.3, 0.4) is 0 Å². The fraction of sp³-hybridized carbons (Fsp3) is 0.400. The van der Waals surface area contributed by atoms with Gasteiger partial charge in [-0.2, -0.15) is 0 Å². The van der Waals surface area contributed by atoms with Crippen molar-refractivity contribution in [2.24, 2.45) is 5.73 Å². The monoisotopic (exact) mass is 322 g/mol. The molecule has 0 unspecified atom stereocenters. The van der Waals surface area contributed by atoms with Gasteiger partial charge in [-0.25, -0.2) is 4.79 Å². The smallest absolute Gasteiger partial charge is 0.410 e. The van der Waals surface area contributed by atoms with E-state index in [1.807, 2.05) is 30.3 Å². The predicted octanol–water partition coefficient (Wildman–Crippen LogP) is -0.554. The quantitative estimate of drug-likeness (QED) is 0.556. The molecule has 8 nitrogen and oxygen atoms in total. The molecule has 0 heterocycles. The summed E-state index contributed by atoms with van der Waals surface area (Å²) in [6, 6.07) is 9.26. The number of ether oxygens (including phenoxy) is 1. The Morgan fingerprint density at radius 1 is 1.09 bits per heavy atom. The van der Waals surface area contributed by atoms with E-state index in [2.05, 4.69) is 10.6 Å². The third-order valence-corrected chi connectivity index (χ3v) is 2.85. The number of carbonyl (C=O) groups excluding carboxylic acids is 3. The number of carbonyl (C=O) groups is 3. The van der Waals surface area contributed by atoms with Gasteiger partial charge >= 0.3 is 6.09 Å². The highest BCUT2D eigenvalue weighted by molar-refractivity contribution is 5.82. The lowest BCUT2D eigenvalue weighted by Crippen LogP contribution is -2.42. The number of nitrogens with two attached hydrogens (primary N) is 1. The van der Waals surface area contributed by atoms with Crippen LogP contribution >= 0.6 is 0 Å². The molecule has 0 fully saturated rings. The van der Waals surface area contributed by atoms with Crippen LogP contribution in [0.2, 0.25) is 0 Å². The van der Waals surface area contributed by atoms with Gasteiger partial charge in [-0.1, -0.05) is 30.3 Å². The molecule has 1 rings (SSSR count). The lowest BCUT2D eigenvalue weighted by atomic mass is 10.2. The van der Waals surface area contributed by atoms with E-state index in [1.165, 1.54) is 11.9 Å². The van der Waals surface area contributed by atoms with E-state index >= 15 is 0 Å². The van der Waals surface area contributed by atoms with Crippen molar-refractivity contribution in [3.63, 3.8) is 0 Å². The largest absolute Gasteiger partial charge is 0.445 e. The highest BCUT2D eigenvalue weighted by Crippen LogP contribution is 2.02. The van der Waals surface area contributed by atoms with Crippen LogP contribution in [-0.4, -0.2) is 56.0 Å². The first kappa shape index (κ1) is 18.4. The Kier molecular flexibility index (Phi) is 8.16. The summed E-state index contributed by atoms with van der Waals surface area (Å²) in [6.45, 7) is 0.473. The molecule has 8 heteroatoms. The summed E-state index contributed by atoms with van der Waals surface area (Å²) >= 11 is 0. The SMILES string of the molecule is CN(CC(=O)NCCNC(=O)CN)C(=O)OCc1ccccc1. The van der Waals surface area contributed by atoms with Crippen LogP contribution in [0.15, 0.2) is 30.3 Å². The average molecular weight is 322 g/mol. The first-order valence-electron chi connectivity index (χ1n) is 7.18. The molecule has 0 spiro atoms. The summed E-state index contributed by atoms with van der Waals surface area (Å²) in [5.74, 6) is -0.632. The number of benzene rings is 1. The summed E-state index contributed by atoms with van der Waals surface area (Å²) in [4.78, 5) is 35.5. The topological polar surface area (TPSA) is 114 Å². The second kappa shape index (κ2) is 10.2. The second-order valence-electron chi connectivity index (χ2n) is 4.80. The number of amides is 3. The number of nitrogens with zero attached hydrogens (tertiary/aromatic N) is 1. The van der Waals surface area contributed by atoms with Crippen LogP contribution in [0.25, 0.3) is 0 Å². The third kappa shape index (κ3) is 7.82. The highest BCUT2D eigenvalue weighted by Gasteiger charge is 2.13. The van der Waals surface area contributed by atoms with Crippen molar-refractivity contribution in [2.75, 3.05) is 33.2 Å². The summed E-state index contributed by atoms with van der Waals surface area (Å²) < 4.78 is 5.10. The summed E-state index contributed by atoms with van der Waals surface area (Å²) in [5, 5.41) is 5.10. The molecular formula is C15H22N4O4. The molecule has 0 aromatic heterocycles. The summed E-state index contributed by atoms with van der Waals surface area (Å²) in [6.07, 6.45) is -0.583. The minimum Gasteiger partial charge on any atom is -0.445 e. The zero-order chi connectivity index (χ0) is 17.1. The van der Waals surface area contributed by atoms with E-state index < -0.39 is 6.09 Å². The fourth-order valence-corrected chi connectivity index (χ4v) is 1.64. The van der Waals surface area contributed by atoms with Crippen LogP contribution in [0, 0.1) is 0 Å². The van der Waals surface area contributed by atoms with Gasteiger partial charge in [-0.3, -0.25) is 9.59 Å². The van der Waals surface area contributed by atoms with Crippen molar-refractivity contribution in [1.29, 1.82) is 0 Å². The molecule has 0 aliphatic carbocycles. The Hall–Kier alpha value is -2.61. The second-order valence-corrected chi connectivity index (χ2v) is 4.80. The van der Waals surface area contributed by atoms with Crippen LogP contribution in [0.5, 0.6) is 0 Å². The Morgan fingerprint density at radius 3 is 2.30 bits per heavy atom. The maximum absolute atomic E-state index is 11.8. The molecule has 3 amide bonds. The third-order valence-electron chi connectivity index (χ3n) is 2.85. The standard InChI is InChI=1S/C15H22N4O4/c1-19(10-14(21)18-8-7-17-13(20)9-16)15(22)23-11-12-5-3-2-4-6-12/h2-6H,7-11,16H2,1H3,(H,17,20)(H,18,21). The van der Waals surface area contributed by atoms with Crippen LogP contribution < -0.4 is 16.4 Å². The predicted molar refractivity (Wildman–Crippen MR) is 84.3 cm³/mol. The van der Waals surface area contributed by atoms with Gasteiger partial charge in [0.2, 0.25) is 11.8 Å². The average Bonchev–Trinajstić information content (AvgIpc) is 2.57.